The number of pyridine rings is 1. The minimum absolute atomic E-state index is 0.165. The van der Waals surface area contributed by atoms with Crippen molar-refractivity contribution in [2.24, 2.45) is 0 Å². The maximum Gasteiger partial charge on any atom is 0.422 e. The van der Waals surface area contributed by atoms with Crippen LogP contribution in [0.5, 0.6) is 5.88 Å². The van der Waals surface area contributed by atoms with E-state index in [1.807, 2.05) is 0 Å². The van der Waals surface area contributed by atoms with E-state index >= 15 is 0 Å². The number of carbonyl (C=O) groups is 1. The molecule has 0 unspecified atom stereocenters. The van der Waals surface area contributed by atoms with Gasteiger partial charge in [0.05, 0.1) is 11.9 Å². The van der Waals surface area contributed by atoms with Gasteiger partial charge in [-0.05, 0) is 25.1 Å². The molecule has 0 aliphatic carbocycles. The monoisotopic (exact) mass is 439 g/mol. The van der Waals surface area contributed by atoms with Crippen LogP contribution >= 0.6 is 0 Å². The van der Waals surface area contributed by atoms with Crippen molar-refractivity contribution in [3.05, 3.63) is 36.8 Å². The highest BCUT2D eigenvalue weighted by Crippen LogP contribution is 2.18. The number of rotatable bonds is 8. The standard InChI is InChI=1S/C19H24F3N7O2/c20-19(21,22)14-31-16-4-3-15(13-26-16)27-18(30)25-7-2-8-28-9-11-29(12-10-28)17-23-5-1-6-24-17/h1,3-6,13H,2,7-12,14H2,(H2,25,27,30). The molecule has 3 heterocycles. The third-order valence-electron chi connectivity index (χ3n) is 4.52. The molecule has 2 aromatic heterocycles. The lowest BCUT2D eigenvalue weighted by molar-refractivity contribution is -0.154. The molecule has 1 fully saturated rings. The zero-order chi connectivity index (χ0) is 22.1. The largest absolute Gasteiger partial charge is 0.468 e. The van der Waals surface area contributed by atoms with Crippen LogP contribution in [0.1, 0.15) is 6.42 Å². The fraction of sp³-hybridized carbons (Fsp3) is 0.474. The van der Waals surface area contributed by atoms with Crippen molar-refractivity contribution in [3.63, 3.8) is 0 Å². The van der Waals surface area contributed by atoms with Gasteiger partial charge in [-0.1, -0.05) is 0 Å². The Kier molecular flexibility index (Phi) is 7.82. The number of alkyl halides is 3. The van der Waals surface area contributed by atoms with Gasteiger partial charge in [0.1, 0.15) is 0 Å². The van der Waals surface area contributed by atoms with Crippen molar-refractivity contribution in [1.82, 2.24) is 25.2 Å². The molecule has 12 heteroatoms. The number of carbonyl (C=O) groups excluding carboxylic acids is 1. The van der Waals surface area contributed by atoms with E-state index in [0.29, 0.717) is 12.2 Å². The first-order chi connectivity index (χ1) is 14.9. The van der Waals surface area contributed by atoms with Crippen LogP contribution in [0.2, 0.25) is 0 Å². The molecule has 31 heavy (non-hydrogen) atoms. The zero-order valence-corrected chi connectivity index (χ0v) is 16.8. The SMILES string of the molecule is O=C(NCCCN1CCN(c2ncccn2)CC1)Nc1ccc(OCC(F)(F)F)nc1. The summed E-state index contributed by atoms with van der Waals surface area (Å²) in [5.74, 6) is 0.581. The number of hydrogen-bond acceptors (Lipinski definition) is 7. The molecule has 3 rings (SSSR count). The number of hydrogen-bond donors (Lipinski definition) is 2. The summed E-state index contributed by atoms with van der Waals surface area (Å²) in [4.78, 5) is 28.7. The van der Waals surface area contributed by atoms with Crippen molar-refractivity contribution in [2.75, 3.05) is 56.1 Å². The zero-order valence-electron chi connectivity index (χ0n) is 16.8. The van der Waals surface area contributed by atoms with Crippen LogP contribution in [0.25, 0.3) is 0 Å². The highest BCUT2D eigenvalue weighted by atomic mass is 19.4. The van der Waals surface area contributed by atoms with Gasteiger partial charge >= 0.3 is 12.2 Å². The Bertz CT molecular complexity index is 814. The average Bonchev–Trinajstić information content (AvgIpc) is 2.77. The molecule has 1 aliphatic heterocycles. The molecule has 0 spiro atoms. The maximum atomic E-state index is 12.1. The molecule has 168 valence electrons. The van der Waals surface area contributed by atoms with E-state index in [0.717, 1.165) is 45.1 Å². The molecule has 1 saturated heterocycles. The van der Waals surface area contributed by atoms with E-state index in [9.17, 15) is 18.0 Å². The summed E-state index contributed by atoms with van der Waals surface area (Å²) >= 11 is 0. The number of amides is 2. The van der Waals surface area contributed by atoms with E-state index < -0.39 is 18.8 Å². The molecule has 2 aromatic rings. The van der Waals surface area contributed by atoms with Gasteiger partial charge in [-0.2, -0.15) is 13.2 Å². The average molecular weight is 439 g/mol. The fourth-order valence-electron chi connectivity index (χ4n) is 3.00. The van der Waals surface area contributed by atoms with E-state index in [-0.39, 0.29) is 5.88 Å². The minimum Gasteiger partial charge on any atom is -0.468 e. The second kappa shape index (κ2) is 10.8. The van der Waals surface area contributed by atoms with Crippen LogP contribution < -0.4 is 20.3 Å². The lowest BCUT2D eigenvalue weighted by Crippen LogP contribution is -2.47. The molecule has 0 aromatic carbocycles. The van der Waals surface area contributed by atoms with Crippen LogP contribution in [-0.2, 0) is 0 Å². The van der Waals surface area contributed by atoms with E-state index in [1.54, 1.807) is 18.5 Å². The lowest BCUT2D eigenvalue weighted by atomic mass is 10.3. The molecule has 9 nitrogen and oxygen atoms in total. The van der Waals surface area contributed by atoms with Crippen LogP contribution in [-0.4, -0.2) is 77.9 Å². The fourth-order valence-corrected chi connectivity index (χ4v) is 3.00. The number of ether oxygens (including phenoxy) is 1. The summed E-state index contributed by atoms with van der Waals surface area (Å²) in [5, 5.41) is 5.33. The van der Waals surface area contributed by atoms with Gasteiger partial charge in [0.2, 0.25) is 11.8 Å². The van der Waals surface area contributed by atoms with E-state index in [4.69, 9.17) is 0 Å². The predicted octanol–water partition coefficient (Wildman–Crippen LogP) is 2.15. The Morgan fingerprint density at radius 2 is 1.84 bits per heavy atom. The van der Waals surface area contributed by atoms with Crippen LogP contribution in [0.3, 0.4) is 0 Å². The normalized spacial score (nSPS) is 14.9. The molecule has 0 bridgehead atoms. The number of halogens is 3. The van der Waals surface area contributed by atoms with E-state index in [2.05, 4.69) is 40.1 Å². The van der Waals surface area contributed by atoms with Gasteiger partial charge in [-0.25, -0.2) is 19.7 Å². The van der Waals surface area contributed by atoms with Gasteiger partial charge in [-0.15, -0.1) is 0 Å². The topological polar surface area (TPSA) is 95.5 Å². The minimum atomic E-state index is -4.43. The Labute approximate surface area is 177 Å². The van der Waals surface area contributed by atoms with Gasteiger partial charge in [0.15, 0.2) is 6.61 Å². The third kappa shape index (κ3) is 7.89. The highest BCUT2D eigenvalue weighted by Gasteiger charge is 2.28. The molecular formula is C19H24F3N7O2. The molecule has 1 aliphatic rings. The first-order valence-corrected chi connectivity index (χ1v) is 9.84. The quantitative estimate of drug-likeness (QED) is 0.609. The van der Waals surface area contributed by atoms with E-state index in [1.165, 1.54) is 18.3 Å². The summed E-state index contributed by atoms with van der Waals surface area (Å²) in [6, 6.07) is 4.08. The molecular weight excluding hydrogens is 415 g/mol. The van der Waals surface area contributed by atoms with Crippen LogP contribution in [0.15, 0.2) is 36.8 Å². The molecule has 0 atom stereocenters. The smallest absolute Gasteiger partial charge is 0.422 e. The first-order valence-electron chi connectivity index (χ1n) is 9.84. The number of urea groups is 1. The summed E-state index contributed by atoms with van der Waals surface area (Å²) in [6.07, 6.45) is 1.07. The van der Waals surface area contributed by atoms with Gasteiger partial charge in [0, 0.05) is 51.2 Å². The van der Waals surface area contributed by atoms with Crippen molar-refractivity contribution in [1.29, 1.82) is 0 Å². The van der Waals surface area contributed by atoms with Crippen LogP contribution in [0.4, 0.5) is 29.6 Å². The van der Waals surface area contributed by atoms with Gasteiger partial charge < -0.3 is 20.3 Å². The molecule has 2 N–H and O–H groups in total. The second-order valence-corrected chi connectivity index (χ2v) is 6.90. The number of aromatic nitrogens is 3. The number of nitrogens with one attached hydrogen (secondary N) is 2. The Morgan fingerprint density at radius 1 is 1.10 bits per heavy atom. The van der Waals surface area contributed by atoms with Crippen molar-refractivity contribution in [3.8, 4) is 5.88 Å². The Hall–Kier alpha value is -3.15. The van der Waals surface area contributed by atoms with Crippen molar-refractivity contribution >= 4 is 17.7 Å². The second-order valence-electron chi connectivity index (χ2n) is 6.90. The number of piperazine rings is 1. The van der Waals surface area contributed by atoms with Gasteiger partial charge in [-0.3, -0.25) is 4.90 Å². The van der Waals surface area contributed by atoms with Gasteiger partial charge in [0.25, 0.3) is 0 Å². The van der Waals surface area contributed by atoms with Crippen molar-refractivity contribution in [2.45, 2.75) is 12.6 Å². The van der Waals surface area contributed by atoms with Crippen LogP contribution in [0, 0.1) is 0 Å². The molecule has 0 radical (unpaired) electrons. The predicted molar refractivity (Wildman–Crippen MR) is 108 cm³/mol. The van der Waals surface area contributed by atoms with Crippen molar-refractivity contribution < 1.29 is 22.7 Å². The first kappa shape index (κ1) is 22.5. The number of nitrogens with zero attached hydrogens (tertiary/aromatic N) is 5. The third-order valence-corrected chi connectivity index (χ3v) is 4.52. The Morgan fingerprint density at radius 3 is 2.48 bits per heavy atom. The highest BCUT2D eigenvalue weighted by molar-refractivity contribution is 5.88. The summed E-state index contributed by atoms with van der Waals surface area (Å²) in [6.45, 7) is 3.45. The summed E-state index contributed by atoms with van der Waals surface area (Å²) in [5.41, 5.74) is 0.358. The summed E-state index contributed by atoms with van der Waals surface area (Å²) < 4.78 is 40.9. The Balaban J connectivity index is 1.28. The molecule has 0 saturated carbocycles. The number of anilines is 2. The molecule has 2 amide bonds. The summed E-state index contributed by atoms with van der Waals surface area (Å²) in [7, 11) is 0. The maximum absolute atomic E-state index is 12.1. The lowest BCUT2D eigenvalue weighted by Gasteiger charge is -2.34.